The largest absolute Gasteiger partial charge is 0.478 e. The molecule has 1 rings (SSSR count). The number of hydrogen-bond acceptors (Lipinski definition) is 3. The maximum absolute atomic E-state index is 12.0. The molecule has 2 N–H and O–H groups in total. The normalized spacial score (nSPS) is 11.8. The maximum atomic E-state index is 12.0. The third kappa shape index (κ3) is 4.59. The first-order valence-electron chi connectivity index (χ1n) is 5.76. The van der Waals surface area contributed by atoms with Gasteiger partial charge < -0.3 is 5.11 Å². The molecule has 0 aliphatic carbocycles. The third-order valence-electron chi connectivity index (χ3n) is 2.49. The first kappa shape index (κ1) is 16.1. The highest BCUT2D eigenvalue weighted by molar-refractivity contribution is 9.10. The fourth-order valence-corrected chi connectivity index (χ4v) is 2.89. The molecule has 0 unspecified atom stereocenters. The minimum atomic E-state index is -3.66. The lowest BCUT2D eigenvalue weighted by Gasteiger charge is -2.09. The Labute approximate surface area is 121 Å². The molecule has 0 saturated carbocycles. The Morgan fingerprint density at radius 1 is 1.42 bits per heavy atom. The Balaban J connectivity index is 2.96. The van der Waals surface area contributed by atoms with E-state index in [-0.39, 0.29) is 10.5 Å². The van der Waals surface area contributed by atoms with Crippen molar-refractivity contribution in [2.45, 2.75) is 25.2 Å². The lowest BCUT2D eigenvalue weighted by atomic mass is 10.1. The molecular weight excluding hydrogens is 334 g/mol. The van der Waals surface area contributed by atoms with Gasteiger partial charge >= 0.3 is 5.97 Å². The molecule has 0 spiro atoms. The van der Waals surface area contributed by atoms with Crippen molar-refractivity contribution in [2.24, 2.45) is 5.92 Å². The van der Waals surface area contributed by atoms with E-state index in [0.29, 0.717) is 16.9 Å². The number of aromatic carboxylic acids is 1. The summed E-state index contributed by atoms with van der Waals surface area (Å²) in [6.45, 7) is 4.32. The summed E-state index contributed by atoms with van der Waals surface area (Å²) in [5.74, 6) is -0.784. The van der Waals surface area contributed by atoms with Gasteiger partial charge in [-0.25, -0.2) is 17.9 Å². The number of nitrogens with one attached hydrogen (secondary N) is 1. The van der Waals surface area contributed by atoms with Crippen LogP contribution < -0.4 is 4.72 Å². The van der Waals surface area contributed by atoms with Crippen LogP contribution >= 0.6 is 15.9 Å². The Morgan fingerprint density at radius 3 is 2.58 bits per heavy atom. The zero-order valence-electron chi connectivity index (χ0n) is 10.7. The van der Waals surface area contributed by atoms with Crippen LogP contribution in [0.3, 0.4) is 0 Å². The van der Waals surface area contributed by atoms with Gasteiger partial charge in [0.2, 0.25) is 10.0 Å². The predicted octanol–water partition coefficient (Wildman–Crippen LogP) is 2.47. The SMILES string of the molecule is CC(C)CCNS(=O)(=O)c1ccc(Br)c(C(=O)O)c1. The summed E-state index contributed by atoms with van der Waals surface area (Å²) in [6, 6.07) is 3.93. The first-order valence-corrected chi connectivity index (χ1v) is 8.04. The second-order valence-corrected chi connectivity index (χ2v) is 7.15. The molecule has 1 aromatic rings. The number of hydrogen-bond donors (Lipinski definition) is 2. The molecule has 5 nitrogen and oxygen atoms in total. The average Bonchev–Trinajstić information content (AvgIpc) is 2.27. The highest BCUT2D eigenvalue weighted by Crippen LogP contribution is 2.21. The summed E-state index contributed by atoms with van der Waals surface area (Å²) in [6.07, 6.45) is 0.724. The van der Waals surface area contributed by atoms with E-state index in [9.17, 15) is 13.2 Å². The van der Waals surface area contributed by atoms with Gasteiger partial charge in [-0.15, -0.1) is 0 Å². The van der Waals surface area contributed by atoms with Gasteiger partial charge in [-0.2, -0.15) is 0 Å². The Kier molecular flexibility index (Phi) is 5.51. The molecule has 0 saturated heterocycles. The fourth-order valence-electron chi connectivity index (χ4n) is 1.40. The second kappa shape index (κ2) is 6.49. The van der Waals surface area contributed by atoms with Crippen molar-refractivity contribution in [3.8, 4) is 0 Å². The van der Waals surface area contributed by atoms with Gasteiger partial charge in [-0.05, 0) is 46.5 Å². The number of rotatable bonds is 6. The molecule has 0 amide bonds. The van der Waals surface area contributed by atoms with Gasteiger partial charge in [0, 0.05) is 11.0 Å². The molecule has 0 aromatic heterocycles. The highest BCUT2D eigenvalue weighted by Gasteiger charge is 2.17. The number of halogens is 1. The summed E-state index contributed by atoms with van der Waals surface area (Å²) in [5.41, 5.74) is -0.0771. The number of carbonyl (C=O) groups is 1. The maximum Gasteiger partial charge on any atom is 0.336 e. The van der Waals surface area contributed by atoms with Crippen molar-refractivity contribution >= 4 is 31.9 Å². The standard InChI is InChI=1S/C12H16BrNO4S/c1-8(2)5-6-14-19(17,18)9-3-4-11(13)10(7-9)12(15)16/h3-4,7-8,14H,5-6H2,1-2H3,(H,15,16). The van der Waals surface area contributed by atoms with E-state index in [1.807, 2.05) is 13.8 Å². The van der Waals surface area contributed by atoms with E-state index in [4.69, 9.17) is 5.11 Å². The first-order chi connectivity index (χ1) is 8.74. The Morgan fingerprint density at radius 2 is 2.05 bits per heavy atom. The van der Waals surface area contributed by atoms with E-state index >= 15 is 0 Å². The minimum absolute atomic E-state index is 0.0446. The van der Waals surface area contributed by atoms with Gasteiger partial charge in [0.05, 0.1) is 10.5 Å². The third-order valence-corrected chi connectivity index (χ3v) is 4.64. The van der Waals surface area contributed by atoms with Crippen LogP contribution in [0.2, 0.25) is 0 Å². The van der Waals surface area contributed by atoms with E-state index in [1.165, 1.54) is 12.1 Å². The number of sulfonamides is 1. The molecule has 0 atom stereocenters. The summed E-state index contributed by atoms with van der Waals surface area (Å²) in [5, 5.41) is 8.96. The number of carboxylic acid groups (broad SMARTS) is 1. The number of carboxylic acids is 1. The summed E-state index contributed by atoms with van der Waals surface area (Å²) in [7, 11) is -3.66. The van der Waals surface area contributed by atoms with Crippen molar-refractivity contribution < 1.29 is 18.3 Å². The Bertz CT molecular complexity index is 569. The molecule has 0 heterocycles. The zero-order valence-corrected chi connectivity index (χ0v) is 13.1. The average molecular weight is 350 g/mol. The lowest BCUT2D eigenvalue weighted by molar-refractivity contribution is 0.0695. The highest BCUT2D eigenvalue weighted by atomic mass is 79.9. The summed E-state index contributed by atoms with van der Waals surface area (Å²) in [4.78, 5) is 10.9. The van der Waals surface area contributed by atoms with Crippen LogP contribution in [0.5, 0.6) is 0 Å². The number of benzene rings is 1. The van der Waals surface area contributed by atoms with Crippen LogP contribution in [-0.4, -0.2) is 26.0 Å². The van der Waals surface area contributed by atoms with Crippen molar-refractivity contribution in [3.05, 3.63) is 28.2 Å². The molecule has 7 heteroatoms. The fraction of sp³-hybridized carbons (Fsp3) is 0.417. The lowest BCUT2D eigenvalue weighted by Crippen LogP contribution is -2.25. The van der Waals surface area contributed by atoms with E-state index in [2.05, 4.69) is 20.7 Å². The van der Waals surface area contributed by atoms with Crippen LogP contribution in [0.25, 0.3) is 0 Å². The predicted molar refractivity (Wildman–Crippen MR) is 75.7 cm³/mol. The van der Waals surface area contributed by atoms with Gasteiger partial charge in [0.15, 0.2) is 0 Å². The van der Waals surface area contributed by atoms with Crippen LogP contribution in [0.4, 0.5) is 0 Å². The van der Waals surface area contributed by atoms with Crippen molar-refractivity contribution in [2.75, 3.05) is 6.54 Å². The van der Waals surface area contributed by atoms with Crippen molar-refractivity contribution in [1.82, 2.24) is 4.72 Å². The van der Waals surface area contributed by atoms with Gasteiger partial charge in [0.1, 0.15) is 0 Å². The molecule has 0 bridgehead atoms. The topological polar surface area (TPSA) is 83.5 Å². The van der Waals surface area contributed by atoms with E-state index in [1.54, 1.807) is 0 Å². The molecule has 106 valence electrons. The Hall–Kier alpha value is -0.920. The van der Waals surface area contributed by atoms with E-state index < -0.39 is 16.0 Å². The minimum Gasteiger partial charge on any atom is -0.478 e. The van der Waals surface area contributed by atoms with Gasteiger partial charge in [-0.3, -0.25) is 0 Å². The molecule has 1 aromatic carbocycles. The van der Waals surface area contributed by atoms with E-state index in [0.717, 1.165) is 12.5 Å². The van der Waals surface area contributed by atoms with Gasteiger partial charge in [0.25, 0.3) is 0 Å². The molecule has 0 aliphatic heterocycles. The molecular formula is C12H16BrNO4S. The van der Waals surface area contributed by atoms with Crippen molar-refractivity contribution in [1.29, 1.82) is 0 Å². The van der Waals surface area contributed by atoms with Crippen LogP contribution in [-0.2, 0) is 10.0 Å². The quantitative estimate of drug-likeness (QED) is 0.826. The van der Waals surface area contributed by atoms with Gasteiger partial charge in [-0.1, -0.05) is 13.8 Å². The monoisotopic (exact) mass is 349 g/mol. The smallest absolute Gasteiger partial charge is 0.336 e. The van der Waals surface area contributed by atoms with Crippen LogP contribution in [0.15, 0.2) is 27.6 Å². The van der Waals surface area contributed by atoms with Crippen LogP contribution in [0, 0.1) is 5.92 Å². The summed E-state index contributed by atoms with van der Waals surface area (Å²) >= 11 is 3.07. The molecule has 19 heavy (non-hydrogen) atoms. The van der Waals surface area contributed by atoms with Crippen molar-refractivity contribution in [3.63, 3.8) is 0 Å². The molecule has 0 radical (unpaired) electrons. The molecule has 0 aliphatic rings. The summed E-state index contributed by atoms with van der Waals surface area (Å²) < 4.78 is 26.8. The second-order valence-electron chi connectivity index (χ2n) is 4.53. The van der Waals surface area contributed by atoms with Crippen LogP contribution in [0.1, 0.15) is 30.6 Å². The zero-order chi connectivity index (χ0) is 14.6. The molecule has 0 fully saturated rings.